The number of hydrogen-bond donors (Lipinski definition) is 1. The third kappa shape index (κ3) is 4.38. The van der Waals surface area contributed by atoms with Gasteiger partial charge in [0.2, 0.25) is 0 Å². The molecule has 0 saturated carbocycles. The van der Waals surface area contributed by atoms with E-state index in [1.165, 1.54) is 18.5 Å². The maximum absolute atomic E-state index is 13.3. The first-order valence-corrected chi connectivity index (χ1v) is 11.7. The highest BCUT2D eigenvalue weighted by Gasteiger charge is 2.39. The maximum atomic E-state index is 13.3. The van der Waals surface area contributed by atoms with Crippen LogP contribution in [0.5, 0.6) is 17.2 Å². The third-order valence-corrected chi connectivity index (χ3v) is 7.25. The molecule has 0 radical (unpaired) electrons. The minimum atomic E-state index is -4.05. The fraction of sp³-hybridized carbons (Fsp3) is 0.348. The molecule has 8 nitrogen and oxygen atoms in total. The first-order chi connectivity index (χ1) is 15.2. The summed E-state index contributed by atoms with van der Waals surface area (Å²) in [6, 6.07) is 10.9. The summed E-state index contributed by atoms with van der Waals surface area (Å²) < 4.78 is 44.1. The molecular weight excluding hydrogens is 432 g/mol. The quantitative estimate of drug-likeness (QED) is 0.609. The number of rotatable bonds is 8. The summed E-state index contributed by atoms with van der Waals surface area (Å²) in [4.78, 5) is 12.7. The SMILES string of the molecule is CCN1c2cc(OC)c(OC)cc2C(C)=C(C(=O)NCCOc2cccc(C)c2)S1(=O)=O. The van der Waals surface area contributed by atoms with Gasteiger partial charge in [0.1, 0.15) is 12.4 Å². The molecule has 0 fully saturated rings. The van der Waals surface area contributed by atoms with Gasteiger partial charge in [-0.2, -0.15) is 0 Å². The number of anilines is 1. The average molecular weight is 461 g/mol. The smallest absolute Gasteiger partial charge is 0.270 e. The second kappa shape index (κ2) is 9.52. The Balaban J connectivity index is 1.87. The van der Waals surface area contributed by atoms with Gasteiger partial charge in [0.25, 0.3) is 15.9 Å². The number of sulfonamides is 1. The zero-order valence-corrected chi connectivity index (χ0v) is 19.7. The number of allylic oxidation sites excluding steroid dienone is 1. The van der Waals surface area contributed by atoms with Crippen LogP contribution in [-0.4, -0.2) is 48.2 Å². The van der Waals surface area contributed by atoms with Crippen molar-refractivity contribution in [1.29, 1.82) is 0 Å². The monoisotopic (exact) mass is 460 g/mol. The van der Waals surface area contributed by atoms with Crippen LogP contribution in [0.15, 0.2) is 41.3 Å². The lowest BCUT2D eigenvalue weighted by Gasteiger charge is -2.32. The molecule has 1 aliphatic rings. The average Bonchev–Trinajstić information content (AvgIpc) is 2.76. The molecule has 1 heterocycles. The van der Waals surface area contributed by atoms with Crippen molar-refractivity contribution in [3.05, 3.63) is 52.4 Å². The Morgan fingerprint density at radius 1 is 1.06 bits per heavy atom. The van der Waals surface area contributed by atoms with Crippen molar-refractivity contribution in [2.24, 2.45) is 0 Å². The molecule has 2 aromatic carbocycles. The molecule has 32 heavy (non-hydrogen) atoms. The van der Waals surface area contributed by atoms with Gasteiger partial charge in [-0.1, -0.05) is 12.1 Å². The van der Waals surface area contributed by atoms with Gasteiger partial charge < -0.3 is 19.5 Å². The molecule has 0 atom stereocenters. The van der Waals surface area contributed by atoms with Crippen LogP contribution in [0, 0.1) is 6.92 Å². The van der Waals surface area contributed by atoms with Crippen molar-refractivity contribution in [3.8, 4) is 17.2 Å². The number of aryl methyl sites for hydroxylation is 1. The van der Waals surface area contributed by atoms with Gasteiger partial charge in [0.15, 0.2) is 16.4 Å². The van der Waals surface area contributed by atoms with Crippen LogP contribution in [-0.2, 0) is 14.8 Å². The highest BCUT2D eigenvalue weighted by atomic mass is 32.2. The largest absolute Gasteiger partial charge is 0.493 e. The van der Waals surface area contributed by atoms with E-state index in [0.29, 0.717) is 34.1 Å². The van der Waals surface area contributed by atoms with E-state index in [-0.39, 0.29) is 24.6 Å². The Morgan fingerprint density at radius 3 is 2.38 bits per heavy atom. The number of carbonyl (C=O) groups excluding carboxylic acids is 1. The van der Waals surface area contributed by atoms with Gasteiger partial charge in [-0.25, -0.2) is 8.42 Å². The van der Waals surface area contributed by atoms with Crippen LogP contribution in [0.2, 0.25) is 0 Å². The summed E-state index contributed by atoms with van der Waals surface area (Å²) in [6.45, 7) is 5.81. The second-order valence-electron chi connectivity index (χ2n) is 7.27. The van der Waals surface area contributed by atoms with Gasteiger partial charge in [-0.05, 0) is 50.1 Å². The summed E-state index contributed by atoms with van der Waals surface area (Å²) in [5.74, 6) is 0.877. The van der Waals surface area contributed by atoms with Gasteiger partial charge in [-0.3, -0.25) is 9.10 Å². The Bertz CT molecular complexity index is 1160. The van der Waals surface area contributed by atoms with Crippen LogP contribution < -0.4 is 23.8 Å². The minimum Gasteiger partial charge on any atom is -0.493 e. The molecule has 3 rings (SSSR count). The van der Waals surface area contributed by atoms with Crippen molar-refractivity contribution in [3.63, 3.8) is 0 Å². The summed E-state index contributed by atoms with van der Waals surface area (Å²) in [7, 11) is -1.07. The van der Waals surface area contributed by atoms with Gasteiger partial charge >= 0.3 is 0 Å². The lowest BCUT2D eigenvalue weighted by molar-refractivity contribution is -0.116. The Kier molecular flexibility index (Phi) is 6.98. The van der Waals surface area contributed by atoms with Crippen molar-refractivity contribution in [2.45, 2.75) is 20.8 Å². The molecule has 0 aliphatic carbocycles. The normalized spacial score (nSPS) is 14.6. The summed E-state index contributed by atoms with van der Waals surface area (Å²) >= 11 is 0. The van der Waals surface area contributed by atoms with Crippen molar-refractivity contribution >= 4 is 27.2 Å². The minimum absolute atomic E-state index is 0.157. The van der Waals surface area contributed by atoms with Crippen molar-refractivity contribution in [1.82, 2.24) is 5.32 Å². The molecular formula is C23H28N2O6S. The topological polar surface area (TPSA) is 94.2 Å². The molecule has 1 amide bonds. The van der Waals surface area contributed by atoms with Crippen LogP contribution >= 0.6 is 0 Å². The highest BCUT2D eigenvalue weighted by molar-refractivity contribution is 7.97. The lowest BCUT2D eigenvalue weighted by atomic mass is 10.0. The van der Waals surface area contributed by atoms with E-state index in [4.69, 9.17) is 14.2 Å². The third-order valence-electron chi connectivity index (χ3n) is 5.20. The predicted molar refractivity (Wildman–Crippen MR) is 124 cm³/mol. The van der Waals surface area contributed by atoms with Crippen LogP contribution in [0.1, 0.15) is 25.0 Å². The number of ether oxygens (including phenoxy) is 3. The number of nitrogens with zero attached hydrogens (tertiary/aromatic N) is 1. The molecule has 0 bridgehead atoms. The predicted octanol–water partition coefficient (Wildman–Crippen LogP) is 3.11. The molecule has 0 saturated heterocycles. The first kappa shape index (κ1) is 23.5. The van der Waals surface area contributed by atoms with Gasteiger partial charge in [-0.15, -0.1) is 0 Å². The van der Waals surface area contributed by atoms with Gasteiger partial charge in [0, 0.05) is 18.2 Å². The Morgan fingerprint density at radius 2 is 1.75 bits per heavy atom. The number of carbonyl (C=O) groups is 1. The Labute approximate surface area is 188 Å². The van der Waals surface area contributed by atoms with Crippen molar-refractivity contribution in [2.75, 3.05) is 38.2 Å². The van der Waals surface area contributed by atoms with E-state index in [1.54, 1.807) is 26.0 Å². The number of fused-ring (bicyclic) bond motifs is 1. The molecule has 1 N–H and O–H groups in total. The fourth-order valence-corrected chi connectivity index (χ4v) is 5.45. The lowest BCUT2D eigenvalue weighted by Crippen LogP contribution is -2.41. The first-order valence-electron chi connectivity index (χ1n) is 10.2. The number of methoxy groups -OCH3 is 2. The van der Waals surface area contributed by atoms with E-state index < -0.39 is 15.9 Å². The molecule has 0 aromatic heterocycles. The van der Waals surface area contributed by atoms with E-state index in [2.05, 4.69) is 5.32 Å². The molecule has 1 aliphatic heterocycles. The number of benzene rings is 2. The standard InChI is InChI=1S/C23H28N2O6S/c1-6-25-19-14-21(30-5)20(29-4)13-18(19)16(3)22(32(25,27)28)23(26)24-10-11-31-17-9-7-8-15(2)12-17/h7-9,12-14H,6,10-11H2,1-5H3,(H,24,26). The maximum Gasteiger partial charge on any atom is 0.270 e. The molecule has 0 spiro atoms. The molecule has 172 valence electrons. The Hall–Kier alpha value is -3.20. The molecule has 2 aromatic rings. The van der Waals surface area contributed by atoms with Crippen molar-refractivity contribution < 1.29 is 27.4 Å². The summed E-state index contributed by atoms with van der Waals surface area (Å²) in [5.41, 5.74) is 2.45. The zero-order chi connectivity index (χ0) is 23.5. The highest BCUT2D eigenvalue weighted by Crippen LogP contribution is 2.44. The number of hydrogen-bond acceptors (Lipinski definition) is 6. The van der Waals surface area contributed by atoms with E-state index in [9.17, 15) is 13.2 Å². The molecule has 9 heteroatoms. The number of nitrogens with one attached hydrogen (secondary N) is 1. The molecule has 0 unspecified atom stereocenters. The fourth-order valence-electron chi connectivity index (χ4n) is 3.68. The van der Waals surface area contributed by atoms with E-state index in [1.807, 2.05) is 31.2 Å². The summed E-state index contributed by atoms with van der Waals surface area (Å²) in [5, 5.41) is 2.67. The second-order valence-corrected chi connectivity index (χ2v) is 9.07. The van der Waals surface area contributed by atoms with Crippen LogP contribution in [0.25, 0.3) is 5.57 Å². The number of amides is 1. The summed E-state index contributed by atoms with van der Waals surface area (Å²) in [6.07, 6.45) is 0. The van der Waals surface area contributed by atoms with Crippen LogP contribution in [0.4, 0.5) is 5.69 Å². The van der Waals surface area contributed by atoms with E-state index >= 15 is 0 Å². The van der Waals surface area contributed by atoms with E-state index in [0.717, 1.165) is 5.56 Å². The zero-order valence-electron chi connectivity index (χ0n) is 18.9. The van der Waals surface area contributed by atoms with Crippen LogP contribution in [0.3, 0.4) is 0 Å². The van der Waals surface area contributed by atoms with Gasteiger partial charge in [0.05, 0.1) is 26.5 Å².